The highest BCUT2D eigenvalue weighted by atomic mass is 16.4. The Morgan fingerprint density at radius 1 is 1.00 bits per heavy atom. The highest BCUT2D eigenvalue weighted by Crippen LogP contribution is 2.38. The summed E-state index contributed by atoms with van der Waals surface area (Å²) < 4.78 is 0. The molecule has 0 radical (unpaired) electrons. The van der Waals surface area contributed by atoms with Crippen LogP contribution in [0.15, 0.2) is 54.6 Å². The number of nitrogens with one attached hydrogen (secondary N) is 1. The zero-order chi connectivity index (χ0) is 16.3. The maximum Gasteiger partial charge on any atom is 0.335 e. The van der Waals surface area contributed by atoms with Crippen molar-refractivity contribution in [1.82, 2.24) is 5.32 Å². The molecule has 0 spiro atoms. The molecule has 1 fully saturated rings. The molecule has 2 N–H and O–H groups in total. The van der Waals surface area contributed by atoms with Gasteiger partial charge in [-0.2, -0.15) is 0 Å². The first-order chi connectivity index (χ1) is 11.1. The van der Waals surface area contributed by atoms with Gasteiger partial charge in [0.2, 0.25) is 5.91 Å². The minimum atomic E-state index is -0.977. The average Bonchev–Trinajstić information content (AvgIpc) is 3.27. The van der Waals surface area contributed by atoms with E-state index >= 15 is 0 Å². The van der Waals surface area contributed by atoms with Crippen molar-refractivity contribution in [2.24, 2.45) is 0 Å². The molecule has 3 rings (SSSR count). The van der Waals surface area contributed by atoms with Gasteiger partial charge < -0.3 is 10.4 Å². The number of hydrogen-bond acceptors (Lipinski definition) is 2. The minimum absolute atomic E-state index is 0.0547. The lowest BCUT2D eigenvalue weighted by Gasteiger charge is -2.17. The van der Waals surface area contributed by atoms with Gasteiger partial charge in [-0.05, 0) is 42.5 Å². The number of benzene rings is 2. The molecule has 1 aliphatic carbocycles. The molecule has 2 aromatic carbocycles. The van der Waals surface area contributed by atoms with Crippen LogP contribution in [0, 0.1) is 0 Å². The van der Waals surface area contributed by atoms with Crippen LogP contribution in [0.2, 0.25) is 0 Å². The molecule has 1 amide bonds. The molecule has 0 atom stereocenters. The summed E-state index contributed by atoms with van der Waals surface area (Å²) in [5.41, 5.74) is 2.03. The molecule has 0 aliphatic heterocycles. The normalized spacial score (nSPS) is 15.0. The molecule has 4 nitrogen and oxygen atoms in total. The van der Waals surface area contributed by atoms with Gasteiger partial charge in [0.25, 0.3) is 0 Å². The quantitative estimate of drug-likeness (QED) is 0.862. The summed E-state index contributed by atoms with van der Waals surface area (Å²) in [4.78, 5) is 23.3. The van der Waals surface area contributed by atoms with Crippen LogP contribution in [-0.2, 0) is 17.6 Å². The van der Waals surface area contributed by atoms with E-state index in [2.05, 4.69) is 17.4 Å². The Morgan fingerprint density at radius 2 is 1.70 bits per heavy atom. The van der Waals surface area contributed by atoms with Crippen LogP contribution < -0.4 is 5.32 Å². The van der Waals surface area contributed by atoms with E-state index in [-0.39, 0.29) is 23.4 Å². The van der Waals surface area contributed by atoms with Crippen LogP contribution in [-0.4, -0.2) is 22.5 Å². The van der Waals surface area contributed by atoms with Gasteiger partial charge in [0.15, 0.2) is 0 Å². The van der Waals surface area contributed by atoms with Gasteiger partial charge in [-0.25, -0.2) is 4.79 Å². The van der Waals surface area contributed by atoms with E-state index in [4.69, 9.17) is 5.11 Å². The average molecular weight is 309 g/mol. The number of carboxylic acids is 1. The van der Waals surface area contributed by atoms with E-state index < -0.39 is 5.97 Å². The van der Waals surface area contributed by atoms with E-state index in [1.54, 1.807) is 18.2 Å². The molecule has 0 heterocycles. The molecule has 23 heavy (non-hydrogen) atoms. The summed E-state index contributed by atoms with van der Waals surface area (Å²) >= 11 is 0. The zero-order valence-electron chi connectivity index (χ0n) is 12.8. The second-order valence-corrected chi connectivity index (χ2v) is 6.17. The summed E-state index contributed by atoms with van der Waals surface area (Å²) in [6.07, 6.45) is 3.03. The Balaban J connectivity index is 1.61. The summed E-state index contributed by atoms with van der Waals surface area (Å²) in [5, 5.41) is 12.1. The van der Waals surface area contributed by atoms with E-state index in [0.717, 1.165) is 24.8 Å². The van der Waals surface area contributed by atoms with E-state index in [0.29, 0.717) is 0 Å². The Labute approximate surface area is 135 Å². The SMILES string of the molecule is O=C(Cc1cccc(C(=O)O)c1)NC1(Cc2ccccc2)CC1. The Hall–Kier alpha value is -2.62. The van der Waals surface area contributed by atoms with Crippen LogP contribution in [0.4, 0.5) is 0 Å². The van der Waals surface area contributed by atoms with Gasteiger partial charge in [-0.15, -0.1) is 0 Å². The summed E-state index contributed by atoms with van der Waals surface area (Å²) in [5.74, 6) is -1.03. The number of aromatic carboxylic acids is 1. The Bertz CT molecular complexity index is 720. The fourth-order valence-corrected chi connectivity index (χ4v) is 2.82. The van der Waals surface area contributed by atoms with E-state index in [1.807, 2.05) is 18.2 Å². The first-order valence-electron chi connectivity index (χ1n) is 7.74. The molecule has 1 aliphatic rings. The van der Waals surface area contributed by atoms with Crippen molar-refractivity contribution in [1.29, 1.82) is 0 Å². The first-order valence-corrected chi connectivity index (χ1v) is 7.74. The number of carboxylic acid groups (broad SMARTS) is 1. The maximum absolute atomic E-state index is 12.3. The Morgan fingerprint density at radius 3 is 2.35 bits per heavy atom. The van der Waals surface area contributed by atoms with Gasteiger partial charge in [0, 0.05) is 5.54 Å². The van der Waals surface area contributed by atoms with E-state index in [9.17, 15) is 9.59 Å². The number of hydrogen-bond donors (Lipinski definition) is 2. The predicted molar refractivity (Wildman–Crippen MR) is 87.4 cm³/mol. The number of amides is 1. The molecule has 4 heteroatoms. The van der Waals surface area contributed by atoms with Crippen molar-refractivity contribution < 1.29 is 14.7 Å². The molecular weight excluding hydrogens is 290 g/mol. The second-order valence-electron chi connectivity index (χ2n) is 6.17. The number of carbonyl (C=O) groups excluding carboxylic acids is 1. The lowest BCUT2D eigenvalue weighted by molar-refractivity contribution is -0.121. The van der Waals surface area contributed by atoms with Crippen LogP contribution in [0.3, 0.4) is 0 Å². The van der Waals surface area contributed by atoms with Crippen molar-refractivity contribution >= 4 is 11.9 Å². The van der Waals surface area contributed by atoms with Crippen LogP contribution in [0.5, 0.6) is 0 Å². The minimum Gasteiger partial charge on any atom is -0.478 e. The largest absolute Gasteiger partial charge is 0.478 e. The highest BCUT2D eigenvalue weighted by Gasteiger charge is 2.43. The van der Waals surface area contributed by atoms with Gasteiger partial charge in [-0.3, -0.25) is 4.79 Å². The monoisotopic (exact) mass is 309 g/mol. The van der Waals surface area contributed by atoms with E-state index in [1.165, 1.54) is 11.6 Å². The van der Waals surface area contributed by atoms with Crippen molar-refractivity contribution in [3.63, 3.8) is 0 Å². The maximum atomic E-state index is 12.3. The van der Waals surface area contributed by atoms with Crippen molar-refractivity contribution in [2.45, 2.75) is 31.2 Å². The zero-order valence-corrected chi connectivity index (χ0v) is 12.8. The molecule has 1 saturated carbocycles. The first kappa shape index (κ1) is 15.3. The summed E-state index contributed by atoms with van der Waals surface area (Å²) in [6, 6.07) is 16.7. The summed E-state index contributed by atoms with van der Waals surface area (Å²) in [6.45, 7) is 0. The van der Waals surface area contributed by atoms with Gasteiger partial charge in [-0.1, -0.05) is 42.5 Å². The van der Waals surface area contributed by atoms with Crippen molar-refractivity contribution in [3.05, 3.63) is 71.3 Å². The summed E-state index contributed by atoms with van der Waals surface area (Å²) in [7, 11) is 0. The Kier molecular flexibility index (Phi) is 4.15. The topological polar surface area (TPSA) is 66.4 Å². The van der Waals surface area contributed by atoms with Crippen molar-refractivity contribution in [2.75, 3.05) is 0 Å². The molecular formula is C19H19NO3. The number of rotatable bonds is 6. The third-order valence-corrected chi connectivity index (χ3v) is 4.18. The van der Waals surface area contributed by atoms with Gasteiger partial charge in [0.05, 0.1) is 12.0 Å². The standard InChI is InChI=1S/C19H19NO3/c21-17(12-15-7-4-8-16(11-15)18(22)23)20-19(9-10-19)13-14-5-2-1-3-6-14/h1-8,11H,9-10,12-13H2,(H,20,21)(H,22,23). The van der Waals surface area contributed by atoms with Crippen LogP contribution in [0.1, 0.15) is 34.3 Å². The number of carbonyl (C=O) groups is 2. The lowest BCUT2D eigenvalue weighted by atomic mass is 10.0. The predicted octanol–water partition coefficient (Wildman–Crippen LogP) is 2.82. The van der Waals surface area contributed by atoms with Gasteiger partial charge >= 0.3 is 5.97 Å². The van der Waals surface area contributed by atoms with Crippen molar-refractivity contribution in [3.8, 4) is 0 Å². The highest BCUT2D eigenvalue weighted by molar-refractivity contribution is 5.88. The second kappa shape index (κ2) is 6.24. The molecule has 118 valence electrons. The third-order valence-electron chi connectivity index (χ3n) is 4.18. The van der Waals surface area contributed by atoms with Crippen LogP contribution in [0.25, 0.3) is 0 Å². The smallest absolute Gasteiger partial charge is 0.335 e. The fourth-order valence-electron chi connectivity index (χ4n) is 2.82. The van der Waals surface area contributed by atoms with Gasteiger partial charge in [0.1, 0.15) is 0 Å². The lowest BCUT2D eigenvalue weighted by Crippen LogP contribution is -2.39. The molecule has 0 saturated heterocycles. The molecule has 2 aromatic rings. The third kappa shape index (κ3) is 3.97. The molecule has 0 aromatic heterocycles. The molecule has 0 unspecified atom stereocenters. The fraction of sp³-hybridized carbons (Fsp3) is 0.263. The van der Waals surface area contributed by atoms with Crippen LogP contribution >= 0.6 is 0 Å². The molecule has 0 bridgehead atoms.